The first kappa shape index (κ1) is 11.1. The fourth-order valence-electron chi connectivity index (χ4n) is 1.28. The quantitative estimate of drug-likeness (QED) is 0.701. The Morgan fingerprint density at radius 3 is 2.50 bits per heavy atom. The molecule has 0 heterocycles. The Hall–Kier alpha value is -1.02. The second-order valence-electron chi connectivity index (χ2n) is 3.49. The molecule has 0 atom stereocenters. The van der Waals surface area contributed by atoms with E-state index in [-0.39, 0.29) is 0 Å². The van der Waals surface area contributed by atoms with Gasteiger partial charge in [-0.25, -0.2) is 0 Å². The number of ether oxygens (including phenoxy) is 1. The molecule has 0 bridgehead atoms. The highest BCUT2D eigenvalue weighted by Crippen LogP contribution is 2.08. The number of nitrogens with one attached hydrogen (secondary N) is 1. The average molecular weight is 193 g/mol. The van der Waals surface area contributed by atoms with Gasteiger partial charge in [-0.2, -0.15) is 0 Å². The van der Waals surface area contributed by atoms with Crippen molar-refractivity contribution in [2.75, 3.05) is 25.6 Å². The predicted molar refractivity (Wildman–Crippen MR) is 60.8 cm³/mol. The van der Waals surface area contributed by atoms with E-state index in [4.69, 9.17) is 4.74 Å². The molecule has 14 heavy (non-hydrogen) atoms. The third-order valence-electron chi connectivity index (χ3n) is 2.16. The second-order valence-corrected chi connectivity index (χ2v) is 3.49. The Morgan fingerprint density at radius 1 is 1.14 bits per heavy atom. The minimum atomic E-state index is 0.857. The van der Waals surface area contributed by atoms with Crippen LogP contribution in [0.25, 0.3) is 0 Å². The van der Waals surface area contributed by atoms with Gasteiger partial charge < -0.3 is 10.1 Å². The maximum Gasteiger partial charge on any atom is 0.0462 e. The third-order valence-corrected chi connectivity index (χ3v) is 2.16. The molecule has 0 aliphatic carbocycles. The van der Waals surface area contributed by atoms with Crippen LogP contribution in [-0.2, 0) is 4.74 Å². The van der Waals surface area contributed by atoms with E-state index in [2.05, 4.69) is 36.5 Å². The summed E-state index contributed by atoms with van der Waals surface area (Å²) in [7, 11) is 1.74. The fourth-order valence-corrected chi connectivity index (χ4v) is 1.28. The van der Waals surface area contributed by atoms with Crippen LogP contribution in [0.1, 0.15) is 18.4 Å². The largest absolute Gasteiger partial charge is 0.385 e. The number of aryl methyl sites for hydroxylation is 1. The van der Waals surface area contributed by atoms with Crippen molar-refractivity contribution >= 4 is 5.69 Å². The van der Waals surface area contributed by atoms with E-state index in [0.29, 0.717) is 0 Å². The number of methoxy groups -OCH3 is 1. The molecule has 1 aromatic rings. The lowest BCUT2D eigenvalue weighted by molar-refractivity contribution is 0.194. The van der Waals surface area contributed by atoms with Gasteiger partial charge in [-0.05, 0) is 31.9 Å². The first-order chi connectivity index (χ1) is 6.83. The number of hydrogen-bond donors (Lipinski definition) is 1. The van der Waals surface area contributed by atoms with Crippen molar-refractivity contribution in [1.82, 2.24) is 0 Å². The smallest absolute Gasteiger partial charge is 0.0462 e. The Kier molecular flexibility index (Phi) is 5.08. The Morgan fingerprint density at radius 2 is 1.86 bits per heavy atom. The lowest BCUT2D eigenvalue weighted by Crippen LogP contribution is -2.02. The summed E-state index contributed by atoms with van der Waals surface area (Å²) in [6.45, 7) is 3.98. The number of anilines is 1. The molecule has 0 saturated carbocycles. The van der Waals surface area contributed by atoms with Crippen LogP contribution in [-0.4, -0.2) is 20.3 Å². The van der Waals surface area contributed by atoms with Crippen molar-refractivity contribution in [2.45, 2.75) is 19.8 Å². The highest BCUT2D eigenvalue weighted by atomic mass is 16.5. The fraction of sp³-hybridized carbons (Fsp3) is 0.500. The highest BCUT2D eigenvalue weighted by Gasteiger charge is 1.91. The molecular weight excluding hydrogens is 174 g/mol. The molecule has 1 N–H and O–H groups in total. The lowest BCUT2D eigenvalue weighted by atomic mass is 10.2. The van der Waals surface area contributed by atoms with Crippen molar-refractivity contribution in [3.8, 4) is 0 Å². The maximum absolute atomic E-state index is 4.98. The van der Waals surface area contributed by atoms with Crippen LogP contribution in [0.15, 0.2) is 24.3 Å². The van der Waals surface area contributed by atoms with E-state index in [9.17, 15) is 0 Å². The van der Waals surface area contributed by atoms with Crippen molar-refractivity contribution in [1.29, 1.82) is 0 Å². The van der Waals surface area contributed by atoms with Gasteiger partial charge in [0.2, 0.25) is 0 Å². The third kappa shape index (κ3) is 4.28. The van der Waals surface area contributed by atoms with Crippen LogP contribution in [0.5, 0.6) is 0 Å². The van der Waals surface area contributed by atoms with Gasteiger partial charge in [0.1, 0.15) is 0 Å². The van der Waals surface area contributed by atoms with Crippen molar-refractivity contribution in [2.24, 2.45) is 0 Å². The molecule has 0 saturated heterocycles. The molecule has 0 unspecified atom stereocenters. The number of benzene rings is 1. The average Bonchev–Trinajstić information content (AvgIpc) is 2.21. The molecule has 78 valence electrons. The van der Waals surface area contributed by atoms with Crippen molar-refractivity contribution in [3.63, 3.8) is 0 Å². The van der Waals surface area contributed by atoms with Gasteiger partial charge in [0.05, 0.1) is 0 Å². The first-order valence-electron chi connectivity index (χ1n) is 5.12. The van der Waals surface area contributed by atoms with E-state index in [1.54, 1.807) is 7.11 Å². The van der Waals surface area contributed by atoms with E-state index >= 15 is 0 Å². The SMILES string of the molecule is COCCCCNc1ccc(C)cc1. The van der Waals surface area contributed by atoms with E-state index in [1.165, 1.54) is 11.3 Å². The molecule has 0 radical (unpaired) electrons. The van der Waals surface area contributed by atoms with E-state index in [1.807, 2.05) is 0 Å². The van der Waals surface area contributed by atoms with Crippen LogP contribution in [0, 0.1) is 6.92 Å². The predicted octanol–water partition coefficient (Wildman–Crippen LogP) is 2.83. The number of hydrogen-bond acceptors (Lipinski definition) is 2. The summed E-state index contributed by atoms with van der Waals surface area (Å²) >= 11 is 0. The van der Waals surface area contributed by atoms with E-state index < -0.39 is 0 Å². The summed E-state index contributed by atoms with van der Waals surface area (Å²) in [6.07, 6.45) is 2.27. The second kappa shape index (κ2) is 6.44. The molecule has 0 aromatic heterocycles. The molecule has 1 aromatic carbocycles. The van der Waals surface area contributed by atoms with Crippen LogP contribution in [0.2, 0.25) is 0 Å². The lowest BCUT2D eigenvalue weighted by Gasteiger charge is -2.05. The first-order valence-corrected chi connectivity index (χ1v) is 5.12. The molecule has 0 aliphatic heterocycles. The highest BCUT2D eigenvalue weighted by molar-refractivity contribution is 5.44. The summed E-state index contributed by atoms with van der Waals surface area (Å²) in [4.78, 5) is 0. The summed E-state index contributed by atoms with van der Waals surface area (Å²) in [5.74, 6) is 0. The minimum Gasteiger partial charge on any atom is -0.385 e. The van der Waals surface area contributed by atoms with Gasteiger partial charge in [0, 0.05) is 25.9 Å². The van der Waals surface area contributed by atoms with Crippen molar-refractivity contribution < 1.29 is 4.74 Å². The summed E-state index contributed by atoms with van der Waals surface area (Å²) in [6, 6.07) is 8.48. The summed E-state index contributed by atoms with van der Waals surface area (Å²) < 4.78 is 4.98. The minimum absolute atomic E-state index is 0.857. The monoisotopic (exact) mass is 193 g/mol. The Labute approximate surface area is 86.3 Å². The molecule has 1 rings (SSSR count). The van der Waals surface area contributed by atoms with Gasteiger partial charge in [0.15, 0.2) is 0 Å². The zero-order valence-electron chi connectivity index (χ0n) is 9.05. The van der Waals surface area contributed by atoms with Gasteiger partial charge >= 0.3 is 0 Å². The van der Waals surface area contributed by atoms with Gasteiger partial charge in [-0.1, -0.05) is 17.7 Å². The van der Waals surface area contributed by atoms with Gasteiger partial charge in [-0.15, -0.1) is 0 Å². The van der Waals surface area contributed by atoms with Crippen LogP contribution in [0.3, 0.4) is 0 Å². The Balaban J connectivity index is 2.15. The van der Waals surface area contributed by atoms with Gasteiger partial charge in [-0.3, -0.25) is 0 Å². The summed E-state index contributed by atoms with van der Waals surface area (Å²) in [5.41, 5.74) is 2.50. The number of unbranched alkanes of at least 4 members (excludes halogenated alkanes) is 1. The van der Waals surface area contributed by atoms with Crippen LogP contribution >= 0.6 is 0 Å². The normalized spacial score (nSPS) is 10.1. The molecule has 0 spiro atoms. The molecule has 2 nitrogen and oxygen atoms in total. The maximum atomic E-state index is 4.98. The molecular formula is C12H19NO. The zero-order valence-corrected chi connectivity index (χ0v) is 9.05. The molecule has 0 fully saturated rings. The standard InChI is InChI=1S/C12H19NO/c1-11-5-7-12(8-6-11)13-9-3-4-10-14-2/h5-8,13H,3-4,9-10H2,1-2H3. The topological polar surface area (TPSA) is 21.3 Å². The van der Waals surface area contributed by atoms with Gasteiger partial charge in [0.25, 0.3) is 0 Å². The molecule has 2 heteroatoms. The van der Waals surface area contributed by atoms with Crippen LogP contribution < -0.4 is 5.32 Å². The number of rotatable bonds is 6. The van der Waals surface area contributed by atoms with Crippen LogP contribution in [0.4, 0.5) is 5.69 Å². The molecule has 0 aliphatic rings. The van der Waals surface area contributed by atoms with Crippen molar-refractivity contribution in [3.05, 3.63) is 29.8 Å². The zero-order chi connectivity index (χ0) is 10.2. The Bertz CT molecular complexity index is 243. The summed E-state index contributed by atoms with van der Waals surface area (Å²) in [5, 5.41) is 3.38. The molecule has 0 amide bonds. The van der Waals surface area contributed by atoms with E-state index in [0.717, 1.165) is 26.0 Å².